The van der Waals surface area contributed by atoms with Crippen LogP contribution in [0.15, 0.2) is 60.8 Å². The summed E-state index contributed by atoms with van der Waals surface area (Å²) in [6, 6.07) is 19.0. The zero-order valence-electron chi connectivity index (χ0n) is 13.0. The smallest absolute Gasteiger partial charge is 0.178 e. The quantitative estimate of drug-likeness (QED) is 0.698. The van der Waals surface area contributed by atoms with Crippen LogP contribution in [0.2, 0.25) is 0 Å². The van der Waals surface area contributed by atoms with Gasteiger partial charge in [0.1, 0.15) is 0 Å². The maximum atomic E-state index is 12.8. The number of carbonyl (C=O) groups is 1. The van der Waals surface area contributed by atoms with Gasteiger partial charge in [-0.05, 0) is 24.5 Å². The molecule has 0 atom stereocenters. The number of aromatic nitrogens is 1. The van der Waals surface area contributed by atoms with Crippen molar-refractivity contribution in [3.8, 4) is 0 Å². The summed E-state index contributed by atoms with van der Waals surface area (Å²) in [5, 5.41) is 1.02. The van der Waals surface area contributed by atoms with Gasteiger partial charge in [-0.25, -0.2) is 0 Å². The lowest BCUT2D eigenvalue weighted by molar-refractivity contribution is 0.0921. The molecule has 1 aromatic heterocycles. The van der Waals surface area contributed by atoms with Crippen LogP contribution in [0.25, 0.3) is 10.9 Å². The number of rotatable bonds is 6. The Balaban J connectivity index is 1.53. The van der Waals surface area contributed by atoms with E-state index in [2.05, 4.69) is 34.1 Å². The van der Waals surface area contributed by atoms with Crippen molar-refractivity contribution >= 4 is 16.7 Å². The van der Waals surface area contributed by atoms with Gasteiger partial charge >= 0.3 is 0 Å². The summed E-state index contributed by atoms with van der Waals surface area (Å²) >= 11 is 0. The summed E-state index contributed by atoms with van der Waals surface area (Å²) in [6.07, 6.45) is 4.25. The second-order valence-corrected chi connectivity index (χ2v) is 6.29. The van der Waals surface area contributed by atoms with Gasteiger partial charge in [-0.2, -0.15) is 0 Å². The van der Waals surface area contributed by atoms with Crippen LogP contribution in [-0.4, -0.2) is 28.3 Å². The molecule has 3 heteroatoms. The predicted octanol–water partition coefficient (Wildman–Crippen LogP) is 4.02. The van der Waals surface area contributed by atoms with Gasteiger partial charge < -0.3 is 4.98 Å². The number of nitrogens with zero attached hydrogens (tertiary/aromatic N) is 1. The highest BCUT2D eigenvalue weighted by molar-refractivity contribution is 6.08. The minimum Gasteiger partial charge on any atom is -0.360 e. The number of nitrogens with one attached hydrogen (secondary N) is 1. The molecule has 4 rings (SSSR count). The van der Waals surface area contributed by atoms with Crippen LogP contribution in [0.3, 0.4) is 0 Å². The first-order valence-electron chi connectivity index (χ1n) is 8.18. The van der Waals surface area contributed by atoms with Crippen LogP contribution in [0.1, 0.15) is 28.8 Å². The second kappa shape index (κ2) is 6.01. The Labute approximate surface area is 135 Å². The maximum absolute atomic E-state index is 12.8. The van der Waals surface area contributed by atoms with Gasteiger partial charge in [0, 0.05) is 35.2 Å². The highest BCUT2D eigenvalue weighted by atomic mass is 16.1. The van der Waals surface area contributed by atoms with E-state index in [0.717, 1.165) is 23.0 Å². The average Bonchev–Trinajstić information content (AvgIpc) is 3.34. The summed E-state index contributed by atoms with van der Waals surface area (Å²) in [7, 11) is 0. The van der Waals surface area contributed by atoms with Crippen LogP contribution in [0.5, 0.6) is 0 Å². The first-order chi connectivity index (χ1) is 11.3. The molecule has 1 heterocycles. The highest BCUT2D eigenvalue weighted by Crippen LogP contribution is 2.29. The SMILES string of the molecule is O=C(CN(Cc1ccccc1)C1CC1)c1c[nH]c2ccccc12. The molecule has 0 aliphatic heterocycles. The molecule has 116 valence electrons. The number of benzene rings is 2. The first-order valence-corrected chi connectivity index (χ1v) is 8.18. The van der Waals surface area contributed by atoms with Gasteiger partial charge in [0.2, 0.25) is 0 Å². The van der Waals surface area contributed by atoms with Crippen molar-refractivity contribution < 1.29 is 4.79 Å². The van der Waals surface area contributed by atoms with E-state index < -0.39 is 0 Å². The van der Waals surface area contributed by atoms with Gasteiger partial charge in [-0.1, -0.05) is 48.5 Å². The molecule has 23 heavy (non-hydrogen) atoms. The van der Waals surface area contributed by atoms with E-state index in [1.165, 1.54) is 18.4 Å². The number of ketones is 1. The van der Waals surface area contributed by atoms with Gasteiger partial charge in [0.25, 0.3) is 0 Å². The summed E-state index contributed by atoms with van der Waals surface area (Å²) in [5.41, 5.74) is 3.10. The Kier molecular flexibility index (Phi) is 3.72. The van der Waals surface area contributed by atoms with Gasteiger partial charge in [0.05, 0.1) is 6.54 Å². The van der Waals surface area contributed by atoms with Gasteiger partial charge in [-0.3, -0.25) is 9.69 Å². The number of fused-ring (bicyclic) bond motifs is 1. The topological polar surface area (TPSA) is 36.1 Å². The van der Waals surface area contributed by atoms with Crippen molar-refractivity contribution in [1.82, 2.24) is 9.88 Å². The van der Waals surface area contributed by atoms with Crippen molar-refractivity contribution in [3.63, 3.8) is 0 Å². The van der Waals surface area contributed by atoms with Crippen molar-refractivity contribution in [1.29, 1.82) is 0 Å². The van der Waals surface area contributed by atoms with Crippen molar-refractivity contribution in [2.45, 2.75) is 25.4 Å². The number of Topliss-reactive ketones (excluding diaryl/α,β-unsaturated/α-hetero) is 1. The van der Waals surface area contributed by atoms with E-state index in [0.29, 0.717) is 12.6 Å². The maximum Gasteiger partial charge on any atom is 0.178 e. The van der Waals surface area contributed by atoms with E-state index >= 15 is 0 Å². The Hall–Kier alpha value is -2.39. The predicted molar refractivity (Wildman–Crippen MR) is 92.5 cm³/mol. The van der Waals surface area contributed by atoms with E-state index in [-0.39, 0.29) is 5.78 Å². The first kappa shape index (κ1) is 14.2. The molecule has 0 bridgehead atoms. The number of carbonyl (C=O) groups excluding carboxylic acids is 1. The van der Waals surface area contributed by atoms with Crippen LogP contribution in [0, 0.1) is 0 Å². The molecule has 1 fully saturated rings. The molecule has 1 N–H and O–H groups in total. The zero-order valence-corrected chi connectivity index (χ0v) is 13.0. The molecule has 1 aliphatic carbocycles. The summed E-state index contributed by atoms with van der Waals surface area (Å²) in [6.45, 7) is 1.33. The Morgan fingerprint density at radius 2 is 1.78 bits per heavy atom. The number of hydrogen-bond acceptors (Lipinski definition) is 2. The summed E-state index contributed by atoms with van der Waals surface area (Å²) < 4.78 is 0. The monoisotopic (exact) mass is 304 g/mol. The lowest BCUT2D eigenvalue weighted by atomic mass is 10.1. The number of para-hydroxylation sites is 1. The van der Waals surface area contributed by atoms with Crippen molar-refractivity contribution in [2.75, 3.05) is 6.54 Å². The fraction of sp³-hybridized carbons (Fsp3) is 0.250. The number of hydrogen-bond donors (Lipinski definition) is 1. The van der Waals surface area contributed by atoms with Gasteiger partial charge in [-0.15, -0.1) is 0 Å². The van der Waals surface area contributed by atoms with E-state index in [4.69, 9.17) is 0 Å². The van der Waals surface area contributed by atoms with Crippen LogP contribution < -0.4 is 0 Å². The molecule has 0 unspecified atom stereocenters. The third-order valence-corrected chi connectivity index (χ3v) is 4.53. The normalized spacial score (nSPS) is 14.5. The number of aromatic amines is 1. The molecule has 0 spiro atoms. The van der Waals surface area contributed by atoms with Crippen molar-refractivity contribution in [3.05, 3.63) is 71.9 Å². The molecule has 0 radical (unpaired) electrons. The standard InChI is InChI=1S/C20H20N2O/c23-20(18-12-21-19-9-5-4-8-17(18)19)14-22(16-10-11-16)13-15-6-2-1-3-7-15/h1-9,12,16,21H,10-11,13-14H2. The summed E-state index contributed by atoms with van der Waals surface area (Å²) in [5.74, 6) is 0.199. The average molecular weight is 304 g/mol. The zero-order chi connectivity index (χ0) is 15.6. The third kappa shape index (κ3) is 3.06. The van der Waals surface area contributed by atoms with E-state index in [1.54, 1.807) is 0 Å². The van der Waals surface area contributed by atoms with Crippen LogP contribution in [0.4, 0.5) is 0 Å². The van der Waals surface area contributed by atoms with E-state index in [9.17, 15) is 4.79 Å². The fourth-order valence-corrected chi connectivity index (χ4v) is 3.14. The van der Waals surface area contributed by atoms with E-state index in [1.807, 2.05) is 36.5 Å². The minimum absolute atomic E-state index is 0.199. The highest BCUT2D eigenvalue weighted by Gasteiger charge is 2.30. The van der Waals surface area contributed by atoms with Gasteiger partial charge in [0.15, 0.2) is 5.78 Å². The Bertz CT molecular complexity index is 818. The van der Waals surface area contributed by atoms with Crippen LogP contribution >= 0.6 is 0 Å². The Morgan fingerprint density at radius 3 is 2.57 bits per heavy atom. The molecule has 3 aromatic rings. The molecule has 0 saturated heterocycles. The Morgan fingerprint density at radius 1 is 1.04 bits per heavy atom. The van der Waals surface area contributed by atoms with Crippen molar-refractivity contribution in [2.24, 2.45) is 0 Å². The lowest BCUT2D eigenvalue weighted by Crippen LogP contribution is -2.31. The third-order valence-electron chi connectivity index (χ3n) is 4.53. The molecule has 2 aromatic carbocycles. The molecular formula is C20H20N2O. The second-order valence-electron chi connectivity index (χ2n) is 6.29. The molecule has 1 aliphatic rings. The number of H-pyrrole nitrogens is 1. The molecule has 0 amide bonds. The van der Waals surface area contributed by atoms with Crippen LogP contribution in [-0.2, 0) is 6.54 Å². The molecule has 1 saturated carbocycles. The fourth-order valence-electron chi connectivity index (χ4n) is 3.14. The molecule has 3 nitrogen and oxygen atoms in total. The lowest BCUT2D eigenvalue weighted by Gasteiger charge is -2.21. The molecular weight excluding hydrogens is 284 g/mol. The largest absolute Gasteiger partial charge is 0.360 e. The minimum atomic E-state index is 0.199. The summed E-state index contributed by atoms with van der Waals surface area (Å²) in [4.78, 5) is 18.3.